The zero-order valence-electron chi connectivity index (χ0n) is 18.6. The van der Waals surface area contributed by atoms with Crippen molar-refractivity contribution in [2.75, 3.05) is 20.2 Å². The predicted molar refractivity (Wildman–Crippen MR) is 120 cm³/mol. The van der Waals surface area contributed by atoms with Gasteiger partial charge < -0.3 is 19.9 Å². The summed E-state index contributed by atoms with van der Waals surface area (Å²) in [5, 5.41) is 2.93. The Morgan fingerprint density at radius 2 is 1.70 bits per heavy atom. The molecule has 0 radical (unpaired) electrons. The van der Waals surface area contributed by atoms with Gasteiger partial charge in [0.2, 0.25) is 11.8 Å². The van der Waals surface area contributed by atoms with Crippen molar-refractivity contribution in [1.29, 1.82) is 0 Å². The molecule has 2 heterocycles. The predicted octanol–water partition coefficient (Wildman–Crippen LogP) is 2.75. The van der Waals surface area contributed by atoms with E-state index < -0.39 is 23.8 Å². The smallest absolute Gasteiger partial charge is 0.254 e. The van der Waals surface area contributed by atoms with E-state index >= 15 is 0 Å². The number of methoxy groups -OCH3 is 1. The number of hydrogen-bond acceptors (Lipinski definition) is 4. The maximum absolute atomic E-state index is 14.1. The summed E-state index contributed by atoms with van der Waals surface area (Å²) in [6, 6.07) is 12.4. The van der Waals surface area contributed by atoms with Gasteiger partial charge in [-0.25, -0.2) is 4.39 Å². The summed E-state index contributed by atoms with van der Waals surface area (Å²) in [4.78, 5) is 42.4. The Hall–Kier alpha value is -3.42. The quantitative estimate of drug-likeness (QED) is 0.730. The van der Waals surface area contributed by atoms with E-state index in [1.807, 2.05) is 30.3 Å². The summed E-state index contributed by atoms with van der Waals surface area (Å²) >= 11 is 0. The van der Waals surface area contributed by atoms with E-state index in [0.717, 1.165) is 18.1 Å². The molecule has 0 bridgehead atoms. The topological polar surface area (TPSA) is 79.0 Å². The van der Waals surface area contributed by atoms with Crippen molar-refractivity contribution in [3.8, 4) is 5.75 Å². The van der Waals surface area contributed by atoms with E-state index in [-0.39, 0.29) is 23.1 Å². The minimum atomic E-state index is -0.648. The first-order valence-electron chi connectivity index (χ1n) is 11.3. The van der Waals surface area contributed by atoms with E-state index in [1.54, 1.807) is 4.90 Å². The summed E-state index contributed by atoms with van der Waals surface area (Å²) in [6.07, 6.45) is 2.54. The molecule has 0 spiro atoms. The minimum absolute atomic E-state index is 0.0574. The van der Waals surface area contributed by atoms with Crippen molar-refractivity contribution in [2.24, 2.45) is 0 Å². The summed E-state index contributed by atoms with van der Waals surface area (Å²) < 4.78 is 19.0. The molecule has 0 unspecified atom stereocenters. The fourth-order valence-corrected chi connectivity index (χ4v) is 4.63. The summed E-state index contributed by atoms with van der Waals surface area (Å²) in [5.74, 6) is -1.36. The van der Waals surface area contributed by atoms with E-state index in [4.69, 9.17) is 4.74 Å². The first-order valence-corrected chi connectivity index (χ1v) is 11.3. The fourth-order valence-electron chi connectivity index (χ4n) is 4.63. The lowest BCUT2D eigenvalue weighted by atomic mass is 10.1. The molecule has 2 aromatic carbocycles. The van der Waals surface area contributed by atoms with Crippen LogP contribution in [0.3, 0.4) is 0 Å². The fraction of sp³-hybridized carbons (Fsp3) is 0.400. The van der Waals surface area contributed by atoms with Crippen LogP contribution in [0.15, 0.2) is 48.5 Å². The zero-order chi connectivity index (χ0) is 23.4. The highest BCUT2D eigenvalue weighted by Gasteiger charge is 2.42. The maximum Gasteiger partial charge on any atom is 0.254 e. The Labute approximate surface area is 192 Å². The Kier molecular flexibility index (Phi) is 6.91. The number of amides is 3. The number of ether oxygens (including phenoxy) is 1. The number of carbonyl (C=O) groups is 3. The molecular weight excluding hydrogens is 425 g/mol. The van der Waals surface area contributed by atoms with Crippen LogP contribution >= 0.6 is 0 Å². The Balaban J connectivity index is 1.43. The number of halogens is 1. The molecule has 2 aliphatic rings. The van der Waals surface area contributed by atoms with Crippen LogP contribution < -0.4 is 10.1 Å². The Bertz CT molecular complexity index is 1030. The summed E-state index contributed by atoms with van der Waals surface area (Å²) in [6.45, 7) is 1.30. The molecule has 0 aromatic heterocycles. The molecule has 8 heteroatoms. The van der Waals surface area contributed by atoms with Crippen LogP contribution in [0.1, 0.15) is 41.6 Å². The average Bonchev–Trinajstić information content (AvgIpc) is 3.52. The highest BCUT2D eigenvalue weighted by atomic mass is 19.1. The van der Waals surface area contributed by atoms with Gasteiger partial charge in [0.05, 0.1) is 7.11 Å². The van der Waals surface area contributed by atoms with Crippen molar-refractivity contribution in [2.45, 2.75) is 44.3 Å². The average molecular weight is 454 g/mol. The molecule has 4 rings (SSSR count). The SMILES string of the molecule is COc1ccc(C(=O)N2CCC[C@H]2C(=O)N2CCC[C@@H]2C(=O)NCc2ccccc2)cc1F. The second kappa shape index (κ2) is 10.0. The number of rotatable bonds is 6. The van der Waals surface area contributed by atoms with Gasteiger partial charge in [-0.05, 0) is 49.4 Å². The normalized spacial score (nSPS) is 20.1. The van der Waals surface area contributed by atoms with E-state index in [0.29, 0.717) is 38.9 Å². The number of benzene rings is 2. The Morgan fingerprint density at radius 3 is 2.39 bits per heavy atom. The van der Waals surface area contributed by atoms with Crippen LogP contribution in [0, 0.1) is 5.82 Å². The van der Waals surface area contributed by atoms with Crippen molar-refractivity contribution in [3.05, 3.63) is 65.5 Å². The van der Waals surface area contributed by atoms with Crippen molar-refractivity contribution in [1.82, 2.24) is 15.1 Å². The standard InChI is InChI=1S/C25H28FN3O4/c1-33-22-12-11-18(15-19(22)26)24(31)29-14-6-10-21(29)25(32)28-13-5-9-20(28)23(30)27-16-17-7-3-2-4-8-17/h2-4,7-8,11-12,15,20-21H,5-6,9-10,13-14,16H2,1H3,(H,27,30)/t20-,21+/m1/s1. The van der Waals surface area contributed by atoms with Crippen molar-refractivity contribution >= 4 is 17.7 Å². The molecule has 2 aromatic rings. The molecule has 0 saturated carbocycles. The van der Waals surface area contributed by atoms with Crippen LogP contribution in [0.5, 0.6) is 5.75 Å². The van der Waals surface area contributed by atoms with E-state index in [1.165, 1.54) is 24.1 Å². The molecule has 0 aliphatic carbocycles. The number of hydrogen-bond donors (Lipinski definition) is 1. The zero-order valence-corrected chi connectivity index (χ0v) is 18.6. The third-order valence-electron chi connectivity index (χ3n) is 6.35. The van der Waals surface area contributed by atoms with Gasteiger partial charge in [-0.15, -0.1) is 0 Å². The third-order valence-corrected chi connectivity index (χ3v) is 6.35. The molecule has 2 atom stereocenters. The lowest BCUT2D eigenvalue weighted by Crippen LogP contribution is -2.52. The molecule has 2 aliphatic heterocycles. The van der Waals surface area contributed by atoms with Crippen molar-refractivity contribution < 1.29 is 23.5 Å². The molecule has 1 N–H and O–H groups in total. The van der Waals surface area contributed by atoms with Crippen LogP contribution in [0.4, 0.5) is 4.39 Å². The number of carbonyl (C=O) groups excluding carboxylic acids is 3. The first kappa shape index (κ1) is 22.8. The lowest BCUT2D eigenvalue weighted by molar-refractivity contribution is -0.141. The lowest BCUT2D eigenvalue weighted by Gasteiger charge is -2.31. The summed E-state index contributed by atoms with van der Waals surface area (Å²) in [7, 11) is 1.36. The number of likely N-dealkylation sites (tertiary alicyclic amines) is 2. The van der Waals surface area contributed by atoms with Gasteiger partial charge in [0, 0.05) is 25.2 Å². The van der Waals surface area contributed by atoms with Gasteiger partial charge in [-0.2, -0.15) is 0 Å². The van der Waals surface area contributed by atoms with Gasteiger partial charge in [0.15, 0.2) is 11.6 Å². The van der Waals surface area contributed by atoms with Gasteiger partial charge in [0.25, 0.3) is 5.91 Å². The van der Waals surface area contributed by atoms with Gasteiger partial charge in [-0.1, -0.05) is 30.3 Å². The molecule has 2 saturated heterocycles. The largest absolute Gasteiger partial charge is 0.494 e. The molecule has 7 nitrogen and oxygen atoms in total. The molecule has 174 valence electrons. The van der Waals surface area contributed by atoms with Crippen LogP contribution in [0.25, 0.3) is 0 Å². The van der Waals surface area contributed by atoms with Gasteiger partial charge in [0.1, 0.15) is 12.1 Å². The second-order valence-corrected chi connectivity index (χ2v) is 8.40. The summed E-state index contributed by atoms with van der Waals surface area (Å²) in [5.41, 5.74) is 1.16. The molecule has 2 fully saturated rings. The van der Waals surface area contributed by atoms with Crippen molar-refractivity contribution in [3.63, 3.8) is 0 Å². The number of nitrogens with zero attached hydrogens (tertiary/aromatic N) is 2. The monoisotopic (exact) mass is 453 g/mol. The van der Waals surface area contributed by atoms with E-state index in [2.05, 4.69) is 5.32 Å². The molecular formula is C25H28FN3O4. The highest BCUT2D eigenvalue weighted by molar-refractivity contribution is 5.99. The van der Waals surface area contributed by atoms with Gasteiger partial charge in [-0.3, -0.25) is 14.4 Å². The van der Waals surface area contributed by atoms with Crippen LogP contribution in [-0.2, 0) is 16.1 Å². The maximum atomic E-state index is 14.1. The van der Waals surface area contributed by atoms with Crippen LogP contribution in [-0.4, -0.2) is 59.8 Å². The number of nitrogens with one attached hydrogen (secondary N) is 1. The minimum Gasteiger partial charge on any atom is -0.494 e. The second-order valence-electron chi connectivity index (χ2n) is 8.40. The molecule has 3 amide bonds. The Morgan fingerprint density at radius 1 is 1.00 bits per heavy atom. The third kappa shape index (κ3) is 4.84. The van der Waals surface area contributed by atoms with Gasteiger partial charge >= 0.3 is 0 Å². The van der Waals surface area contributed by atoms with E-state index in [9.17, 15) is 18.8 Å². The highest BCUT2D eigenvalue weighted by Crippen LogP contribution is 2.27. The van der Waals surface area contributed by atoms with Crippen LogP contribution in [0.2, 0.25) is 0 Å². The molecule has 33 heavy (non-hydrogen) atoms. The first-order chi connectivity index (χ1) is 16.0.